The molecule has 0 aliphatic carbocycles. The van der Waals surface area contributed by atoms with Crippen LogP contribution in [0, 0.1) is 5.82 Å². The van der Waals surface area contributed by atoms with Gasteiger partial charge in [-0.2, -0.15) is 0 Å². The number of hydrogen-bond acceptors (Lipinski definition) is 2. The van der Waals surface area contributed by atoms with E-state index in [-0.39, 0.29) is 11.4 Å². The van der Waals surface area contributed by atoms with Gasteiger partial charge in [-0.05, 0) is 17.7 Å². The molecule has 92 valence electrons. The molecule has 4 nitrogen and oxygen atoms in total. The number of carbonyl (C=O) groups is 2. The van der Waals surface area contributed by atoms with E-state index in [2.05, 4.69) is 5.32 Å². The van der Waals surface area contributed by atoms with Gasteiger partial charge in [0.25, 0.3) is 0 Å². The molecule has 17 heavy (non-hydrogen) atoms. The summed E-state index contributed by atoms with van der Waals surface area (Å²) in [7, 11) is 0. The summed E-state index contributed by atoms with van der Waals surface area (Å²) in [5, 5.41) is 11.1. The second-order valence-corrected chi connectivity index (χ2v) is 3.95. The third kappa shape index (κ3) is 4.03. The Morgan fingerprint density at radius 1 is 1.53 bits per heavy atom. The fourth-order valence-electron chi connectivity index (χ4n) is 1.35. The zero-order chi connectivity index (χ0) is 13.0. The summed E-state index contributed by atoms with van der Waals surface area (Å²) in [5.41, 5.74) is 0.539. The van der Waals surface area contributed by atoms with Crippen molar-refractivity contribution in [1.82, 2.24) is 5.32 Å². The average Bonchev–Trinajstić information content (AvgIpc) is 2.21. The Kier molecular flexibility index (Phi) is 4.45. The first-order valence-corrected chi connectivity index (χ1v) is 5.21. The number of benzene rings is 1. The Labute approximate surface area is 102 Å². The molecule has 0 radical (unpaired) electrons. The second kappa shape index (κ2) is 5.63. The maximum Gasteiger partial charge on any atom is 0.326 e. The van der Waals surface area contributed by atoms with Crippen molar-refractivity contribution >= 4 is 23.5 Å². The molecule has 0 aromatic heterocycles. The topological polar surface area (TPSA) is 66.4 Å². The number of amides is 1. The van der Waals surface area contributed by atoms with Crippen molar-refractivity contribution in [2.45, 2.75) is 19.4 Å². The molecular formula is C11H11ClFNO3. The number of nitrogens with one attached hydrogen (secondary N) is 1. The number of aliphatic carboxylic acids is 1. The molecule has 0 saturated heterocycles. The number of hydrogen-bond donors (Lipinski definition) is 2. The highest BCUT2D eigenvalue weighted by atomic mass is 35.5. The van der Waals surface area contributed by atoms with Crippen LogP contribution in [0.15, 0.2) is 18.2 Å². The zero-order valence-corrected chi connectivity index (χ0v) is 9.79. The maximum atomic E-state index is 12.9. The average molecular weight is 260 g/mol. The first-order valence-electron chi connectivity index (χ1n) is 4.84. The molecule has 1 aromatic carbocycles. The van der Waals surface area contributed by atoms with Gasteiger partial charge in [-0.15, -0.1) is 0 Å². The number of carboxylic acids is 1. The van der Waals surface area contributed by atoms with Gasteiger partial charge in [-0.3, -0.25) is 4.79 Å². The van der Waals surface area contributed by atoms with Crippen LogP contribution in [0.2, 0.25) is 5.02 Å². The highest BCUT2D eigenvalue weighted by Crippen LogP contribution is 2.17. The van der Waals surface area contributed by atoms with E-state index in [1.807, 2.05) is 0 Å². The number of carboxylic acid groups (broad SMARTS) is 1. The summed E-state index contributed by atoms with van der Waals surface area (Å²) in [4.78, 5) is 21.7. The van der Waals surface area contributed by atoms with Crippen molar-refractivity contribution in [2.24, 2.45) is 0 Å². The highest BCUT2D eigenvalue weighted by Gasteiger charge is 2.19. The van der Waals surface area contributed by atoms with Crippen molar-refractivity contribution < 1.29 is 19.1 Å². The molecule has 6 heteroatoms. The van der Waals surface area contributed by atoms with Crippen LogP contribution in [0.4, 0.5) is 4.39 Å². The molecule has 0 aliphatic heterocycles. The van der Waals surface area contributed by atoms with Crippen molar-refractivity contribution in [1.29, 1.82) is 0 Å². The molecule has 1 aromatic rings. The molecule has 1 atom stereocenters. The lowest BCUT2D eigenvalue weighted by atomic mass is 10.1. The highest BCUT2D eigenvalue weighted by molar-refractivity contribution is 6.30. The number of rotatable bonds is 4. The van der Waals surface area contributed by atoms with Gasteiger partial charge in [-0.25, -0.2) is 9.18 Å². The van der Waals surface area contributed by atoms with Crippen molar-refractivity contribution in [2.75, 3.05) is 0 Å². The van der Waals surface area contributed by atoms with Crippen molar-refractivity contribution in [3.63, 3.8) is 0 Å². The molecular weight excluding hydrogens is 249 g/mol. The number of carbonyl (C=O) groups excluding carboxylic acids is 1. The summed E-state index contributed by atoms with van der Waals surface area (Å²) >= 11 is 5.57. The molecule has 0 saturated carbocycles. The standard InChI is InChI=1S/C11H11ClFNO3/c1-6(15)14-10(11(16)17)5-7-2-3-9(13)8(12)4-7/h2-4,10H,5H2,1H3,(H,14,15)(H,16,17). The Morgan fingerprint density at radius 2 is 2.18 bits per heavy atom. The first kappa shape index (κ1) is 13.4. The van der Waals surface area contributed by atoms with Crippen LogP contribution in [0.25, 0.3) is 0 Å². The van der Waals surface area contributed by atoms with Crippen molar-refractivity contribution in [3.05, 3.63) is 34.6 Å². The predicted molar refractivity (Wildman–Crippen MR) is 60.4 cm³/mol. The summed E-state index contributed by atoms with van der Waals surface area (Å²) in [6.45, 7) is 1.23. The van der Waals surface area contributed by atoms with Crippen LogP contribution in [-0.4, -0.2) is 23.0 Å². The Hall–Kier alpha value is -1.62. The molecule has 1 amide bonds. The fraction of sp³-hybridized carbons (Fsp3) is 0.273. The van der Waals surface area contributed by atoms with E-state index >= 15 is 0 Å². The van der Waals surface area contributed by atoms with Gasteiger partial charge in [0.15, 0.2) is 0 Å². The quantitative estimate of drug-likeness (QED) is 0.863. The lowest BCUT2D eigenvalue weighted by Gasteiger charge is -2.13. The van der Waals surface area contributed by atoms with Crippen LogP contribution < -0.4 is 5.32 Å². The third-order valence-electron chi connectivity index (χ3n) is 2.10. The van der Waals surface area contributed by atoms with Gasteiger partial charge in [0.1, 0.15) is 11.9 Å². The Morgan fingerprint density at radius 3 is 2.65 bits per heavy atom. The van der Waals surface area contributed by atoms with Gasteiger partial charge in [0.2, 0.25) is 5.91 Å². The summed E-state index contributed by atoms with van der Waals surface area (Å²) in [5.74, 6) is -2.16. The minimum Gasteiger partial charge on any atom is -0.480 e. The van der Waals surface area contributed by atoms with Gasteiger partial charge >= 0.3 is 5.97 Å². The lowest BCUT2D eigenvalue weighted by molar-refractivity contribution is -0.141. The maximum absolute atomic E-state index is 12.9. The molecule has 0 heterocycles. The second-order valence-electron chi connectivity index (χ2n) is 3.54. The van der Waals surface area contributed by atoms with Gasteiger partial charge in [-0.1, -0.05) is 17.7 Å². The van der Waals surface area contributed by atoms with E-state index in [9.17, 15) is 14.0 Å². The summed E-state index contributed by atoms with van der Waals surface area (Å²) in [6.07, 6.45) is 0.0505. The van der Waals surface area contributed by atoms with Crippen LogP contribution >= 0.6 is 11.6 Å². The smallest absolute Gasteiger partial charge is 0.326 e. The summed E-state index contributed by atoms with van der Waals surface area (Å²) in [6, 6.07) is 2.88. The molecule has 0 spiro atoms. The summed E-state index contributed by atoms with van der Waals surface area (Å²) < 4.78 is 12.9. The van der Waals surface area contributed by atoms with Crippen molar-refractivity contribution in [3.8, 4) is 0 Å². The van der Waals surface area contributed by atoms with E-state index in [0.29, 0.717) is 5.56 Å². The fourth-order valence-corrected chi connectivity index (χ4v) is 1.55. The van der Waals surface area contributed by atoms with Crippen LogP contribution in [0.3, 0.4) is 0 Å². The van der Waals surface area contributed by atoms with E-state index in [4.69, 9.17) is 16.7 Å². The lowest BCUT2D eigenvalue weighted by Crippen LogP contribution is -2.41. The van der Waals surface area contributed by atoms with Gasteiger partial charge in [0, 0.05) is 13.3 Å². The van der Waals surface area contributed by atoms with Gasteiger partial charge < -0.3 is 10.4 Å². The molecule has 0 fully saturated rings. The Balaban J connectivity index is 2.82. The third-order valence-corrected chi connectivity index (χ3v) is 2.39. The monoisotopic (exact) mass is 259 g/mol. The molecule has 1 unspecified atom stereocenters. The van der Waals surface area contributed by atoms with Crippen LogP contribution in [0.5, 0.6) is 0 Å². The molecule has 0 aliphatic rings. The largest absolute Gasteiger partial charge is 0.480 e. The van der Waals surface area contributed by atoms with Crippen LogP contribution in [0.1, 0.15) is 12.5 Å². The van der Waals surface area contributed by atoms with E-state index in [0.717, 1.165) is 6.07 Å². The number of halogens is 2. The normalized spacial score (nSPS) is 11.9. The van der Waals surface area contributed by atoms with E-state index in [1.165, 1.54) is 19.1 Å². The molecule has 1 rings (SSSR count). The van der Waals surface area contributed by atoms with Crippen LogP contribution in [-0.2, 0) is 16.0 Å². The minimum absolute atomic E-state index is 0.0505. The zero-order valence-electron chi connectivity index (χ0n) is 9.04. The predicted octanol–water partition coefficient (Wildman–Crippen LogP) is 1.61. The van der Waals surface area contributed by atoms with E-state index < -0.39 is 23.7 Å². The SMILES string of the molecule is CC(=O)NC(Cc1ccc(F)c(Cl)c1)C(=O)O. The van der Waals surface area contributed by atoms with E-state index in [1.54, 1.807) is 0 Å². The minimum atomic E-state index is -1.15. The first-order chi connectivity index (χ1) is 7.90. The van der Waals surface area contributed by atoms with Gasteiger partial charge in [0.05, 0.1) is 5.02 Å². The molecule has 2 N–H and O–H groups in total. The molecule has 0 bridgehead atoms. The Bertz CT molecular complexity index is 450.